The van der Waals surface area contributed by atoms with Crippen LogP contribution in [0.3, 0.4) is 0 Å². The van der Waals surface area contributed by atoms with Gasteiger partial charge in [0.2, 0.25) is 0 Å². The number of nitrogens with zero attached hydrogens (tertiary/aromatic N) is 2. The van der Waals surface area contributed by atoms with Gasteiger partial charge in [-0.25, -0.2) is 0 Å². The minimum Gasteiger partial charge on any atom is -0.496 e. The molecule has 1 fully saturated rings. The summed E-state index contributed by atoms with van der Waals surface area (Å²) >= 11 is 0. The molecular formula is C20H35IN4O. The van der Waals surface area contributed by atoms with Gasteiger partial charge in [-0.05, 0) is 44.3 Å². The third kappa shape index (κ3) is 7.31. The highest BCUT2D eigenvalue weighted by Gasteiger charge is 2.22. The smallest absolute Gasteiger partial charge is 0.191 e. The number of ether oxygens (including phenoxy) is 1. The van der Waals surface area contributed by atoms with Crippen molar-refractivity contribution in [2.24, 2.45) is 10.9 Å². The van der Waals surface area contributed by atoms with Crippen molar-refractivity contribution >= 4 is 29.9 Å². The number of likely N-dealkylation sites (tertiary alicyclic amines) is 1. The fraction of sp³-hybridized carbons (Fsp3) is 0.650. The number of guanidine groups is 1. The van der Waals surface area contributed by atoms with Crippen LogP contribution in [0, 0.1) is 5.92 Å². The second-order valence-corrected chi connectivity index (χ2v) is 7.14. The van der Waals surface area contributed by atoms with Crippen molar-refractivity contribution in [3.63, 3.8) is 0 Å². The van der Waals surface area contributed by atoms with E-state index in [0.717, 1.165) is 23.8 Å². The molecule has 2 rings (SSSR count). The van der Waals surface area contributed by atoms with Gasteiger partial charge in [-0.2, -0.15) is 0 Å². The molecule has 1 aromatic carbocycles. The lowest BCUT2D eigenvalue weighted by atomic mass is 10.0. The van der Waals surface area contributed by atoms with Crippen molar-refractivity contribution in [1.29, 1.82) is 0 Å². The number of methoxy groups -OCH3 is 1. The van der Waals surface area contributed by atoms with E-state index in [1.807, 2.05) is 25.2 Å². The molecule has 1 atom stereocenters. The number of hydrogen-bond acceptors (Lipinski definition) is 3. The van der Waals surface area contributed by atoms with Crippen molar-refractivity contribution in [2.45, 2.75) is 45.7 Å². The average molecular weight is 474 g/mol. The largest absolute Gasteiger partial charge is 0.496 e. The van der Waals surface area contributed by atoms with Gasteiger partial charge in [-0.1, -0.05) is 32.0 Å². The molecule has 1 unspecified atom stereocenters. The summed E-state index contributed by atoms with van der Waals surface area (Å²) in [5.74, 6) is 2.45. The van der Waals surface area contributed by atoms with E-state index in [9.17, 15) is 0 Å². The summed E-state index contributed by atoms with van der Waals surface area (Å²) in [7, 11) is 3.53. The lowest BCUT2D eigenvalue weighted by Crippen LogP contribution is -2.46. The molecule has 1 aliphatic rings. The summed E-state index contributed by atoms with van der Waals surface area (Å²) in [6.45, 7) is 8.69. The number of halogens is 1. The number of nitrogens with one attached hydrogen (secondary N) is 2. The maximum atomic E-state index is 5.41. The summed E-state index contributed by atoms with van der Waals surface area (Å²) in [5, 5.41) is 6.92. The van der Waals surface area contributed by atoms with Crippen molar-refractivity contribution in [3.05, 3.63) is 29.8 Å². The molecule has 1 aromatic rings. The molecule has 0 saturated carbocycles. The predicted molar refractivity (Wildman–Crippen MR) is 121 cm³/mol. The maximum Gasteiger partial charge on any atom is 0.191 e. The van der Waals surface area contributed by atoms with Crippen LogP contribution in [0.15, 0.2) is 29.3 Å². The van der Waals surface area contributed by atoms with Crippen molar-refractivity contribution in [1.82, 2.24) is 15.5 Å². The van der Waals surface area contributed by atoms with Gasteiger partial charge in [0.1, 0.15) is 5.75 Å². The summed E-state index contributed by atoms with van der Waals surface area (Å²) < 4.78 is 5.41. The number of benzene rings is 1. The van der Waals surface area contributed by atoms with Crippen LogP contribution in [0.25, 0.3) is 0 Å². The molecule has 0 amide bonds. The summed E-state index contributed by atoms with van der Waals surface area (Å²) in [5.41, 5.74) is 1.13. The van der Waals surface area contributed by atoms with Gasteiger partial charge < -0.3 is 15.4 Å². The van der Waals surface area contributed by atoms with Crippen molar-refractivity contribution in [3.8, 4) is 5.75 Å². The summed E-state index contributed by atoms with van der Waals surface area (Å²) in [6, 6.07) is 8.65. The third-order valence-electron chi connectivity index (χ3n) is 4.77. The van der Waals surface area contributed by atoms with E-state index in [4.69, 9.17) is 4.74 Å². The van der Waals surface area contributed by atoms with Gasteiger partial charge in [0.25, 0.3) is 0 Å². The van der Waals surface area contributed by atoms with Gasteiger partial charge in [-0.15, -0.1) is 24.0 Å². The molecule has 0 spiro atoms. The van der Waals surface area contributed by atoms with Crippen LogP contribution in [0.2, 0.25) is 0 Å². The van der Waals surface area contributed by atoms with Gasteiger partial charge >= 0.3 is 0 Å². The van der Waals surface area contributed by atoms with Crippen LogP contribution >= 0.6 is 24.0 Å². The number of hydrogen-bond donors (Lipinski definition) is 2. The van der Waals surface area contributed by atoms with Gasteiger partial charge in [0.15, 0.2) is 5.96 Å². The van der Waals surface area contributed by atoms with Gasteiger partial charge in [0.05, 0.1) is 7.11 Å². The topological polar surface area (TPSA) is 48.9 Å². The Morgan fingerprint density at radius 1 is 1.19 bits per heavy atom. The number of rotatable bonds is 8. The monoisotopic (exact) mass is 474 g/mol. The quantitative estimate of drug-likeness (QED) is 0.344. The first kappa shape index (κ1) is 23.0. The van der Waals surface area contributed by atoms with E-state index in [1.165, 1.54) is 32.4 Å². The first-order valence-corrected chi connectivity index (χ1v) is 9.44. The predicted octanol–water partition coefficient (Wildman–Crippen LogP) is 3.49. The molecule has 0 bridgehead atoms. The molecule has 6 heteroatoms. The Labute approximate surface area is 176 Å². The highest BCUT2D eigenvalue weighted by molar-refractivity contribution is 14.0. The molecule has 1 saturated heterocycles. The normalized spacial score (nSPS) is 16.3. The summed E-state index contributed by atoms with van der Waals surface area (Å²) in [6.07, 6.45) is 3.88. The molecule has 0 aromatic heterocycles. The highest BCUT2D eigenvalue weighted by atomic mass is 127. The maximum absolute atomic E-state index is 5.41. The fourth-order valence-corrected chi connectivity index (χ4v) is 3.48. The van der Waals surface area contributed by atoms with Gasteiger partial charge in [0, 0.05) is 31.7 Å². The third-order valence-corrected chi connectivity index (χ3v) is 4.77. The van der Waals surface area contributed by atoms with E-state index in [1.54, 1.807) is 7.11 Å². The molecule has 0 radical (unpaired) electrons. The average Bonchev–Trinajstić information content (AvgIpc) is 3.15. The van der Waals surface area contributed by atoms with Crippen LogP contribution < -0.4 is 15.4 Å². The first-order chi connectivity index (χ1) is 12.1. The van der Waals surface area contributed by atoms with Crippen molar-refractivity contribution < 1.29 is 4.74 Å². The first-order valence-electron chi connectivity index (χ1n) is 9.44. The van der Waals surface area contributed by atoms with Crippen LogP contribution in [-0.2, 0) is 6.54 Å². The second kappa shape index (κ2) is 12.4. The Bertz CT molecular complexity index is 544. The molecule has 0 aliphatic carbocycles. The van der Waals surface area contributed by atoms with Crippen LogP contribution in [-0.4, -0.2) is 50.7 Å². The van der Waals surface area contributed by atoms with E-state index < -0.39 is 0 Å². The Balaban J connectivity index is 0.00000338. The lowest BCUT2D eigenvalue weighted by molar-refractivity contribution is 0.213. The number of aliphatic imine (C=N–C) groups is 1. The minimum atomic E-state index is 0. The molecule has 1 aliphatic heterocycles. The van der Waals surface area contributed by atoms with Crippen LogP contribution in [0.4, 0.5) is 0 Å². The lowest BCUT2D eigenvalue weighted by Gasteiger charge is -2.29. The van der Waals surface area contributed by atoms with Crippen LogP contribution in [0.1, 0.15) is 38.7 Å². The standard InChI is InChI=1S/C20H34N4O.HI/c1-16(2)13-18(24-11-7-8-12-24)15-23-20(21-3)22-14-17-9-5-6-10-19(17)25-4;/h5-6,9-10,16,18H,7-8,11-15H2,1-4H3,(H2,21,22,23);1H. The van der Waals surface area contributed by atoms with Crippen molar-refractivity contribution in [2.75, 3.05) is 33.8 Å². The Morgan fingerprint density at radius 3 is 2.50 bits per heavy atom. The SMILES string of the molecule is CN=C(NCc1ccccc1OC)NCC(CC(C)C)N1CCCC1.I. The molecule has 148 valence electrons. The van der Waals surface area contributed by atoms with E-state index >= 15 is 0 Å². The Kier molecular flexibility index (Phi) is 11.0. The summed E-state index contributed by atoms with van der Waals surface area (Å²) in [4.78, 5) is 7.00. The van der Waals surface area contributed by atoms with E-state index in [2.05, 4.69) is 40.4 Å². The molecule has 5 nitrogen and oxygen atoms in total. The molecule has 26 heavy (non-hydrogen) atoms. The zero-order chi connectivity index (χ0) is 18.1. The van der Waals surface area contributed by atoms with E-state index in [0.29, 0.717) is 18.5 Å². The van der Waals surface area contributed by atoms with E-state index in [-0.39, 0.29) is 24.0 Å². The Morgan fingerprint density at radius 2 is 1.88 bits per heavy atom. The number of para-hydroxylation sites is 1. The molecular weight excluding hydrogens is 439 g/mol. The Hall–Kier alpha value is -1.02. The van der Waals surface area contributed by atoms with Crippen LogP contribution in [0.5, 0.6) is 5.75 Å². The second-order valence-electron chi connectivity index (χ2n) is 7.14. The zero-order valence-electron chi connectivity index (χ0n) is 16.6. The van der Waals surface area contributed by atoms with Gasteiger partial charge in [-0.3, -0.25) is 9.89 Å². The zero-order valence-corrected chi connectivity index (χ0v) is 19.0. The minimum absolute atomic E-state index is 0. The highest BCUT2D eigenvalue weighted by Crippen LogP contribution is 2.18. The molecule has 2 N–H and O–H groups in total. The fourth-order valence-electron chi connectivity index (χ4n) is 3.48. The molecule has 1 heterocycles.